The zero-order valence-corrected chi connectivity index (χ0v) is 9.52. The minimum atomic E-state index is -0.935. The molecule has 0 bridgehead atoms. The molecule has 0 unspecified atom stereocenters. The fraction of sp³-hybridized carbons (Fsp3) is 0. The van der Waals surface area contributed by atoms with Crippen LogP contribution >= 0.6 is 0 Å². The Hall–Kier alpha value is -2.81. The summed E-state index contributed by atoms with van der Waals surface area (Å²) in [6, 6.07) is 8.06. The van der Waals surface area contributed by atoms with E-state index >= 15 is 0 Å². The first kappa shape index (κ1) is 12.6. The number of carbonyl (C=O) groups is 1. The normalized spacial score (nSPS) is 9.74. The van der Waals surface area contributed by atoms with Gasteiger partial charge in [0, 0.05) is 6.20 Å². The fourth-order valence-electron chi connectivity index (χ4n) is 1.49. The molecule has 4 nitrogen and oxygen atoms in total. The SMILES string of the molecule is N#Cc1c(F)cccc1NC(=O)c1cccnc1F. The van der Waals surface area contributed by atoms with Gasteiger partial charge in [-0.1, -0.05) is 6.07 Å². The quantitative estimate of drug-likeness (QED) is 0.842. The van der Waals surface area contributed by atoms with Gasteiger partial charge in [0.1, 0.15) is 17.4 Å². The third kappa shape index (κ3) is 2.55. The summed E-state index contributed by atoms with van der Waals surface area (Å²) in [4.78, 5) is 15.1. The number of nitriles is 1. The number of nitrogens with one attached hydrogen (secondary N) is 1. The predicted molar refractivity (Wildman–Crippen MR) is 63.3 cm³/mol. The Morgan fingerprint density at radius 2 is 2.05 bits per heavy atom. The predicted octanol–water partition coefficient (Wildman–Crippen LogP) is 2.48. The summed E-state index contributed by atoms with van der Waals surface area (Å²) >= 11 is 0. The summed E-state index contributed by atoms with van der Waals surface area (Å²) in [7, 11) is 0. The number of amides is 1. The molecule has 0 atom stereocenters. The number of carbonyl (C=O) groups excluding carboxylic acids is 1. The van der Waals surface area contributed by atoms with Crippen LogP contribution in [0.2, 0.25) is 0 Å². The number of anilines is 1. The van der Waals surface area contributed by atoms with E-state index in [-0.39, 0.29) is 16.8 Å². The number of halogens is 2. The second kappa shape index (κ2) is 5.23. The molecule has 1 amide bonds. The molecule has 0 aliphatic rings. The van der Waals surface area contributed by atoms with Crippen molar-refractivity contribution >= 4 is 11.6 Å². The number of pyridine rings is 1. The monoisotopic (exact) mass is 259 g/mol. The molecule has 1 aromatic heterocycles. The van der Waals surface area contributed by atoms with Crippen molar-refractivity contribution in [3.63, 3.8) is 0 Å². The summed E-state index contributed by atoms with van der Waals surface area (Å²) in [5.41, 5.74) is -0.605. The minimum Gasteiger partial charge on any atom is -0.321 e. The maximum Gasteiger partial charge on any atom is 0.260 e. The van der Waals surface area contributed by atoms with Crippen molar-refractivity contribution in [2.45, 2.75) is 0 Å². The first-order valence-electron chi connectivity index (χ1n) is 5.24. The smallest absolute Gasteiger partial charge is 0.260 e. The second-order valence-corrected chi connectivity index (χ2v) is 3.57. The van der Waals surface area contributed by atoms with E-state index in [1.165, 1.54) is 30.5 Å². The van der Waals surface area contributed by atoms with E-state index < -0.39 is 17.7 Å². The molecule has 0 aliphatic carbocycles. The molecule has 6 heteroatoms. The van der Waals surface area contributed by atoms with Gasteiger partial charge in [-0.05, 0) is 24.3 Å². The Balaban J connectivity index is 2.33. The van der Waals surface area contributed by atoms with Gasteiger partial charge in [0.05, 0.1) is 11.3 Å². The second-order valence-electron chi connectivity index (χ2n) is 3.57. The molecular weight excluding hydrogens is 252 g/mol. The van der Waals surface area contributed by atoms with E-state index in [2.05, 4.69) is 10.3 Å². The summed E-state index contributed by atoms with van der Waals surface area (Å²) < 4.78 is 26.6. The number of hydrogen-bond donors (Lipinski definition) is 1. The van der Waals surface area contributed by atoms with Gasteiger partial charge in [0.15, 0.2) is 0 Å². The lowest BCUT2D eigenvalue weighted by Gasteiger charge is -2.07. The van der Waals surface area contributed by atoms with Gasteiger partial charge in [-0.15, -0.1) is 0 Å². The average Bonchev–Trinajstić information content (AvgIpc) is 2.39. The van der Waals surface area contributed by atoms with Gasteiger partial charge in [0.2, 0.25) is 5.95 Å². The highest BCUT2D eigenvalue weighted by atomic mass is 19.1. The van der Waals surface area contributed by atoms with Gasteiger partial charge in [-0.25, -0.2) is 9.37 Å². The van der Waals surface area contributed by atoms with Crippen molar-refractivity contribution in [2.75, 3.05) is 5.32 Å². The van der Waals surface area contributed by atoms with E-state index in [0.717, 1.165) is 6.07 Å². The Morgan fingerprint density at radius 3 is 2.74 bits per heavy atom. The summed E-state index contributed by atoms with van der Waals surface area (Å²) in [5.74, 6) is -2.49. The first-order valence-corrected chi connectivity index (χ1v) is 5.24. The Bertz CT molecular complexity index is 680. The van der Waals surface area contributed by atoms with Gasteiger partial charge < -0.3 is 5.32 Å². The maximum absolute atomic E-state index is 13.3. The van der Waals surface area contributed by atoms with Crippen LogP contribution in [0.5, 0.6) is 0 Å². The van der Waals surface area contributed by atoms with Crippen LogP contribution in [-0.4, -0.2) is 10.9 Å². The van der Waals surface area contributed by atoms with Crippen molar-refractivity contribution in [3.05, 3.63) is 59.4 Å². The van der Waals surface area contributed by atoms with Crippen LogP contribution in [0.3, 0.4) is 0 Å². The lowest BCUT2D eigenvalue weighted by atomic mass is 10.1. The topological polar surface area (TPSA) is 65.8 Å². The van der Waals surface area contributed by atoms with E-state index in [4.69, 9.17) is 5.26 Å². The molecule has 94 valence electrons. The number of nitrogens with zero attached hydrogens (tertiary/aromatic N) is 2. The van der Waals surface area contributed by atoms with E-state index in [0.29, 0.717) is 0 Å². The van der Waals surface area contributed by atoms with Gasteiger partial charge in [-0.2, -0.15) is 9.65 Å². The standard InChI is InChI=1S/C13H7F2N3O/c14-10-4-1-5-11(9(10)7-16)18-13(19)8-3-2-6-17-12(8)15/h1-6H,(H,18,19). The van der Waals surface area contributed by atoms with Gasteiger partial charge in [0.25, 0.3) is 5.91 Å². The maximum atomic E-state index is 13.3. The number of benzene rings is 1. The molecule has 0 radical (unpaired) electrons. The van der Waals surface area contributed by atoms with Gasteiger partial charge >= 0.3 is 0 Å². The summed E-state index contributed by atoms with van der Waals surface area (Å²) in [6.45, 7) is 0. The number of aromatic nitrogens is 1. The molecule has 2 rings (SSSR count). The van der Waals surface area contributed by atoms with Crippen molar-refractivity contribution in [1.29, 1.82) is 5.26 Å². The van der Waals surface area contributed by atoms with Crippen LogP contribution in [-0.2, 0) is 0 Å². The molecule has 0 fully saturated rings. The third-order valence-electron chi connectivity index (χ3n) is 2.38. The Kier molecular flexibility index (Phi) is 3.48. The molecule has 0 aliphatic heterocycles. The van der Waals surface area contributed by atoms with Crippen molar-refractivity contribution < 1.29 is 13.6 Å². The van der Waals surface area contributed by atoms with Crippen molar-refractivity contribution in [1.82, 2.24) is 4.98 Å². The van der Waals surface area contributed by atoms with Crippen LogP contribution in [0.25, 0.3) is 0 Å². The largest absolute Gasteiger partial charge is 0.321 e. The molecule has 1 heterocycles. The highest BCUT2D eigenvalue weighted by molar-refractivity contribution is 6.04. The molecule has 2 aromatic rings. The molecule has 1 aromatic carbocycles. The molecular formula is C13H7F2N3O. The van der Waals surface area contributed by atoms with Crippen molar-refractivity contribution in [3.8, 4) is 6.07 Å². The first-order chi connectivity index (χ1) is 9.13. The van der Waals surface area contributed by atoms with Crippen LogP contribution in [0.1, 0.15) is 15.9 Å². The Labute approximate surface area is 107 Å². The molecule has 0 saturated heterocycles. The molecule has 0 saturated carbocycles. The van der Waals surface area contributed by atoms with Crippen LogP contribution in [0.4, 0.5) is 14.5 Å². The molecule has 19 heavy (non-hydrogen) atoms. The van der Waals surface area contributed by atoms with Crippen LogP contribution in [0.15, 0.2) is 36.5 Å². The third-order valence-corrected chi connectivity index (χ3v) is 2.38. The highest BCUT2D eigenvalue weighted by Gasteiger charge is 2.15. The number of rotatable bonds is 2. The van der Waals surface area contributed by atoms with Crippen LogP contribution < -0.4 is 5.32 Å². The minimum absolute atomic E-state index is 0.0178. The Morgan fingerprint density at radius 1 is 1.26 bits per heavy atom. The zero-order chi connectivity index (χ0) is 13.8. The van der Waals surface area contributed by atoms with Gasteiger partial charge in [-0.3, -0.25) is 4.79 Å². The lowest BCUT2D eigenvalue weighted by Crippen LogP contribution is -2.15. The zero-order valence-electron chi connectivity index (χ0n) is 9.52. The summed E-state index contributed by atoms with van der Waals surface area (Å²) in [6.07, 6.45) is 1.20. The van der Waals surface area contributed by atoms with E-state index in [1.807, 2.05) is 0 Å². The van der Waals surface area contributed by atoms with E-state index in [9.17, 15) is 13.6 Å². The van der Waals surface area contributed by atoms with E-state index in [1.54, 1.807) is 6.07 Å². The van der Waals surface area contributed by atoms with Crippen molar-refractivity contribution in [2.24, 2.45) is 0 Å². The molecule has 0 spiro atoms. The number of hydrogen-bond acceptors (Lipinski definition) is 3. The summed E-state index contributed by atoms with van der Waals surface area (Å²) in [5, 5.41) is 11.1. The fourth-order valence-corrected chi connectivity index (χ4v) is 1.49. The average molecular weight is 259 g/mol. The molecule has 1 N–H and O–H groups in total. The highest BCUT2D eigenvalue weighted by Crippen LogP contribution is 2.18. The van der Waals surface area contributed by atoms with Crippen LogP contribution in [0, 0.1) is 23.1 Å². The lowest BCUT2D eigenvalue weighted by molar-refractivity contribution is 0.102.